The van der Waals surface area contributed by atoms with E-state index in [1.807, 2.05) is 30.3 Å². The normalized spacial score (nSPS) is 26.1. The highest BCUT2D eigenvalue weighted by Gasteiger charge is 2.40. The molecular formula is C21H25N3O3S. The summed E-state index contributed by atoms with van der Waals surface area (Å²) in [6.45, 7) is 5.96. The van der Waals surface area contributed by atoms with E-state index in [2.05, 4.69) is 22.5 Å². The fourth-order valence-electron chi connectivity index (χ4n) is 4.19. The van der Waals surface area contributed by atoms with Crippen molar-refractivity contribution < 1.29 is 14.0 Å². The van der Waals surface area contributed by atoms with Gasteiger partial charge in [0.2, 0.25) is 11.8 Å². The molecule has 3 saturated heterocycles. The average molecular weight is 400 g/mol. The fourth-order valence-corrected chi connectivity index (χ4v) is 4.96. The number of hydrogen-bond donors (Lipinski definition) is 2. The maximum Gasteiger partial charge on any atom is 0.251 e. The van der Waals surface area contributed by atoms with Crippen molar-refractivity contribution in [3.8, 4) is 0 Å². The molecule has 28 heavy (non-hydrogen) atoms. The zero-order valence-corrected chi connectivity index (χ0v) is 16.9. The number of piperidine rings is 3. The molecule has 0 radical (unpaired) electrons. The topological polar surface area (TPSA) is 74.6 Å². The zero-order valence-electron chi connectivity index (χ0n) is 16.1. The van der Waals surface area contributed by atoms with Crippen LogP contribution in [0.5, 0.6) is 0 Å². The van der Waals surface area contributed by atoms with Crippen LogP contribution in [0.25, 0.3) is 0 Å². The smallest absolute Gasteiger partial charge is 0.251 e. The van der Waals surface area contributed by atoms with Crippen LogP contribution in [-0.2, 0) is 4.79 Å². The van der Waals surface area contributed by atoms with Crippen LogP contribution in [0.15, 0.2) is 50.8 Å². The van der Waals surface area contributed by atoms with Gasteiger partial charge in [-0.25, -0.2) is 0 Å². The number of nitrogens with one attached hydrogen (secondary N) is 2. The molecule has 6 nitrogen and oxygen atoms in total. The van der Waals surface area contributed by atoms with Gasteiger partial charge in [-0.15, -0.1) is 0 Å². The quantitative estimate of drug-likeness (QED) is 0.804. The highest BCUT2D eigenvalue weighted by Crippen LogP contribution is 2.33. The molecule has 2 amide bonds. The highest BCUT2D eigenvalue weighted by molar-refractivity contribution is 7.99. The highest BCUT2D eigenvalue weighted by atomic mass is 32.2. The number of benzene rings is 1. The standard InChI is InChI=1S/C21H25N3O3S/c1-13-20(15-9-11-24(13)12-10-15)23-21(26)16-3-5-17(6-4-16)28-19-8-7-18(27-19)22-14(2)25/h3-8,13,15,20H,9-12H2,1-2H3,(H,22,25)(H,23,26)/t13-,20+/m1/s1. The van der Waals surface area contributed by atoms with Gasteiger partial charge in [0.15, 0.2) is 5.09 Å². The van der Waals surface area contributed by atoms with E-state index < -0.39 is 0 Å². The molecule has 2 atom stereocenters. The summed E-state index contributed by atoms with van der Waals surface area (Å²) < 4.78 is 5.56. The van der Waals surface area contributed by atoms with E-state index in [1.54, 1.807) is 6.07 Å². The number of amides is 2. The zero-order chi connectivity index (χ0) is 19.7. The number of furan rings is 1. The van der Waals surface area contributed by atoms with Crippen LogP contribution in [0, 0.1) is 5.92 Å². The molecule has 0 spiro atoms. The predicted octanol–water partition coefficient (Wildman–Crippen LogP) is 3.60. The third-order valence-electron chi connectivity index (χ3n) is 5.69. The van der Waals surface area contributed by atoms with Gasteiger partial charge in [-0.05, 0) is 69.1 Å². The van der Waals surface area contributed by atoms with Crippen molar-refractivity contribution in [3.63, 3.8) is 0 Å². The molecule has 3 fully saturated rings. The largest absolute Gasteiger partial charge is 0.434 e. The lowest BCUT2D eigenvalue weighted by Gasteiger charge is -2.49. The third-order valence-corrected chi connectivity index (χ3v) is 6.62. The minimum atomic E-state index is -0.168. The molecule has 4 heterocycles. The molecule has 3 aliphatic heterocycles. The molecule has 0 unspecified atom stereocenters. The van der Waals surface area contributed by atoms with Gasteiger partial charge in [-0.3, -0.25) is 19.8 Å². The van der Waals surface area contributed by atoms with Crippen LogP contribution in [0.3, 0.4) is 0 Å². The second-order valence-electron chi connectivity index (χ2n) is 7.54. The first-order valence-corrected chi connectivity index (χ1v) is 10.5. The van der Waals surface area contributed by atoms with Gasteiger partial charge in [-0.1, -0.05) is 11.8 Å². The summed E-state index contributed by atoms with van der Waals surface area (Å²) >= 11 is 1.45. The number of carbonyl (C=O) groups excluding carboxylic acids is 2. The van der Waals surface area contributed by atoms with Gasteiger partial charge < -0.3 is 9.73 Å². The van der Waals surface area contributed by atoms with Crippen LogP contribution in [-0.4, -0.2) is 41.9 Å². The Morgan fingerprint density at radius 1 is 1.11 bits per heavy atom. The van der Waals surface area contributed by atoms with Crippen molar-refractivity contribution in [1.29, 1.82) is 0 Å². The second kappa shape index (κ2) is 8.01. The number of carbonyl (C=O) groups is 2. The van der Waals surface area contributed by atoms with E-state index in [1.165, 1.54) is 31.5 Å². The Kier molecular flexibility index (Phi) is 5.46. The number of rotatable bonds is 5. The Hall–Kier alpha value is -2.25. The molecule has 0 aliphatic carbocycles. The predicted molar refractivity (Wildman–Crippen MR) is 109 cm³/mol. The van der Waals surface area contributed by atoms with Gasteiger partial charge in [0.1, 0.15) is 0 Å². The molecule has 2 bridgehead atoms. The summed E-state index contributed by atoms with van der Waals surface area (Å²) in [5, 5.41) is 6.56. The summed E-state index contributed by atoms with van der Waals surface area (Å²) in [6.07, 6.45) is 2.35. The first-order chi connectivity index (χ1) is 13.5. The van der Waals surface area contributed by atoms with Crippen LogP contribution in [0.2, 0.25) is 0 Å². The van der Waals surface area contributed by atoms with Crippen LogP contribution >= 0.6 is 11.8 Å². The number of nitrogens with zero attached hydrogens (tertiary/aromatic N) is 1. The fraction of sp³-hybridized carbons (Fsp3) is 0.429. The molecule has 2 N–H and O–H groups in total. The maximum atomic E-state index is 12.7. The Bertz CT molecular complexity index is 854. The Labute approximate surface area is 169 Å². The molecule has 2 aromatic rings. The Balaban J connectivity index is 1.37. The second-order valence-corrected chi connectivity index (χ2v) is 8.62. The SMILES string of the molecule is CC(=O)Nc1ccc(Sc2ccc(C(=O)N[C@@H]3C4CCN(CC4)[C@@H]3C)cc2)o1. The van der Waals surface area contributed by atoms with E-state index in [4.69, 9.17) is 4.42 Å². The van der Waals surface area contributed by atoms with Crippen molar-refractivity contribution in [1.82, 2.24) is 10.2 Å². The summed E-state index contributed by atoms with van der Waals surface area (Å²) in [5.41, 5.74) is 0.673. The Morgan fingerprint density at radius 2 is 1.82 bits per heavy atom. The summed E-state index contributed by atoms with van der Waals surface area (Å²) in [6, 6.07) is 11.7. The molecule has 5 rings (SSSR count). The van der Waals surface area contributed by atoms with E-state index in [0.717, 1.165) is 18.0 Å². The van der Waals surface area contributed by atoms with Gasteiger partial charge >= 0.3 is 0 Å². The monoisotopic (exact) mass is 399 g/mol. The van der Waals surface area contributed by atoms with Crippen molar-refractivity contribution in [2.24, 2.45) is 5.92 Å². The summed E-state index contributed by atoms with van der Waals surface area (Å²) in [7, 11) is 0. The van der Waals surface area contributed by atoms with Crippen LogP contribution < -0.4 is 10.6 Å². The van der Waals surface area contributed by atoms with Gasteiger partial charge in [0.25, 0.3) is 5.91 Å². The van der Waals surface area contributed by atoms with Gasteiger partial charge in [0, 0.05) is 35.5 Å². The third kappa shape index (κ3) is 4.10. The molecule has 1 aromatic carbocycles. The molecular weight excluding hydrogens is 374 g/mol. The van der Waals surface area contributed by atoms with E-state index in [-0.39, 0.29) is 17.9 Å². The number of anilines is 1. The maximum absolute atomic E-state index is 12.7. The molecule has 0 saturated carbocycles. The molecule has 148 valence electrons. The van der Waals surface area contributed by atoms with Crippen molar-refractivity contribution >= 4 is 29.5 Å². The summed E-state index contributed by atoms with van der Waals surface area (Å²) in [4.78, 5) is 27.2. The molecule has 7 heteroatoms. The van der Waals surface area contributed by atoms with Gasteiger partial charge in [0.05, 0.1) is 0 Å². The first-order valence-electron chi connectivity index (χ1n) is 9.70. The van der Waals surface area contributed by atoms with E-state index in [0.29, 0.717) is 28.5 Å². The first kappa shape index (κ1) is 19.1. The summed E-state index contributed by atoms with van der Waals surface area (Å²) in [5.74, 6) is 0.847. The Morgan fingerprint density at radius 3 is 2.46 bits per heavy atom. The number of fused-ring (bicyclic) bond motifs is 3. The average Bonchev–Trinajstić information content (AvgIpc) is 3.11. The van der Waals surface area contributed by atoms with Crippen molar-refractivity contribution in [2.45, 2.75) is 48.8 Å². The minimum Gasteiger partial charge on any atom is -0.434 e. The lowest BCUT2D eigenvalue weighted by atomic mass is 9.79. The lowest BCUT2D eigenvalue weighted by molar-refractivity contribution is -0.114. The lowest BCUT2D eigenvalue weighted by Crippen LogP contribution is -2.62. The van der Waals surface area contributed by atoms with E-state index in [9.17, 15) is 9.59 Å². The minimum absolute atomic E-state index is 0.00640. The van der Waals surface area contributed by atoms with Crippen LogP contribution in [0.1, 0.15) is 37.0 Å². The number of hydrogen-bond acceptors (Lipinski definition) is 5. The van der Waals surface area contributed by atoms with Gasteiger partial charge in [-0.2, -0.15) is 0 Å². The van der Waals surface area contributed by atoms with Crippen molar-refractivity contribution in [2.75, 3.05) is 18.4 Å². The van der Waals surface area contributed by atoms with Crippen molar-refractivity contribution in [3.05, 3.63) is 42.0 Å². The molecule has 1 aromatic heterocycles. The van der Waals surface area contributed by atoms with Crippen LogP contribution in [0.4, 0.5) is 5.88 Å². The van der Waals surface area contributed by atoms with E-state index >= 15 is 0 Å². The molecule has 3 aliphatic rings.